The van der Waals surface area contributed by atoms with Crippen molar-refractivity contribution in [1.82, 2.24) is 0 Å². The predicted molar refractivity (Wildman–Crippen MR) is 136 cm³/mol. The van der Waals surface area contributed by atoms with E-state index in [0.29, 0.717) is 29.7 Å². The number of hydrogen-bond acceptors (Lipinski definition) is 10. The minimum Gasteiger partial charge on any atom is -0.505 e. The van der Waals surface area contributed by atoms with E-state index in [9.17, 15) is 19.5 Å². The molecule has 3 aromatic rings. The first-order valence-corrected chi connectivity index (χ1v) is 12.7. The third kappa shape index (κ3) is 4.18. The molecule has 204 valence electrons. The van der Waals surface area contributed by atoms with E-state index in [0.717, 1.165) is 12.8 Å². The van der Waals surface area contributed by atoms with Crippen LogP contribution in [0, 0.1) is 6.92 Å². The van der Waals surface area contributed by atoms with E-state index in [4.69, 9.17) is 28.1 Å². The van der Waals surface area contributed by atoms with Crippen molar-refractivity contribution in [3.8, 4) is 11.5 Å². The van der Waals surface area contributed by atoms with E-state index in [-0.39, 0.29) is 16.7 Å². The molecular formula is C28H27NO10. The summed E-state index contributed by atoms with van der Waals surface area (Å²) in [6.07, 6.45) is -0.636. The molecule has 2 aliphatic heterocycles. The number of carbonyl (C=O) groups is 2. The highest BCUT2D eigenvalue weighted by Crippen LogP contribution is 2.47. The lowest BCUT2D eigenvalue weighted by Crippen LogP contribution is -2.64. The fourth-order valence-corrected chi connectivity index (χ4v) is 5.81. The molecule has 0 unspecified atom stereocenters. The van der Waals surface area contributed by atoms with Crippen molar-refractivity contribution in [3.05, 3.63) is 64.0 Å². The maximum Gasteiger partial charge on any atom is 0.509 e. The summed E-state index contributed by atoms with van der Waals surface area (Å²) in [5.41, 5.74) is -1.20. The van der Waals surface area contributed by atoms with Crippen molar-refractivity contribution in [1.29, 1.82) is 0 Å². The summed E-state index contributed by atoms with van der Waals surface area (Å²) in [7, 11) is 1.55. The fourth-order valence-electron chi connectivity index (χ4n) is 5.81. The topological polar surface area (TPSA) is 143 Å². The first kappa shape index (κ1) is 25.2. The van der Waals surface area contributed by atoms with Gasteiger partial charge in [-0.25, -0.2) is 9.59 Å². The number of hydrogen-bond donors (Lipinski definition) is 2. The molecule has 39 heavy (non-hydrogen) atoms. The van der Waals surface area contributed by atoms with Gasteiger partial charge < -0.3 is 38.5 Å². The average molecular weight is 538 g/mol. The van der Waals surface area contributed by atoms with Crippen LogP contribution in [0.25, 0.3) is 11.0 Å². The normalized spacial score (nSPS) is 25.2. The SMILES string of the molecule is CO[C@@H]1[C@H]2OC(=O)O[C@H]2[C@H](Oc2ccc3c(O)c(NC(=O)c4ccccc4)c(=O)oc3c2C)OC12CCCC2. The minimum absolute atomic E-state index is 0.0742. The smallest absolute Gasteiger partial charge is 0.505 e. The number of aromatic hydroxyl groups is 1. The fraction of sp³-hybridized carbons (Fsp3) is 0.393. The van der Waals surface area contributed by atoms with Gasteiger partial charge in [0.2, 0.25) is 12.4 Å². The molecule has 11 heteroatoms. The summed E-state index contributed by atoms with van der Waals surface area (Å²) in [6, 6.07) is 11.4. The van der Waals surface area contributed by atoms with Crippen LogP contribution in [0.1, 0.15) is 41.6 Å². The Labute approximate surface area is 222 Å². The molecule has 1 aliphatic carbocycles. The number of carbonyl (C=O) groups excluding carboxylic acids is 2. The maximum absolute atomic E-state index is 12.8. The van der Waals surface area contributed by atoms with Crippen LogP contribution in [-0.4, -0.2) is 54.5 Å². The summed E-state index contributed by atoms with van der Waals surface area (Å²) < 4.78 is 34.7. The van der Waals surface area contributed by atoms with Gasteiger partial charge >= 0.3 is 11.8 Å². The third-order valence-corrected chi connectivity index (χ3v) is 7.69. The molecule has 3 aliphatic rings. The molecule has 1 saturated carbocycles. The molecule has 1 spiro atoms. The summed E-state index contributed by atoms with van der Waals surface area (Å²) in [5, 5.41) is 13.5. The highest BCUT2D eigenvalue weighted by molar-refractivity contribution is 6.06. The molecule has 1 amide bonds. The number of aryl methyl sites for hydroxylation is 1. The second-order valence-electron chi connectivity index (χ2n) is 9.95. The van der Waals surface area contributed by atoms with Crippen LogP contribution in [0.15, 0.2) is 51.7 Å². The summed E-state index contributed by atoms with van der Waals surface area (Å²) in [4.78, 5) is 37.4. The number of methoxy groups -OCH3 is 1. The Morgan fingerprint density at radius 3 is 2.49 bits per heavy atom. The van der Waals surface area contributed by atoms with Crippen LogP contribution in [0.5, 0.6) is 11.5 Å². The maximum atomic E-state index is 12.8. The largest absolute Gasteiger partial charge is 0.509 e. The minimum atomic E-state index is -1.01. The predicted octanol–water partition coefficient (Wildman–Crippen LogP) is 4.03. The number of amides is 1. The molecule has 4 atom stereocenters. The highest BCUT2D eigenvalue weighted by atomic mass is 16.8. The van der Waals surface area contributed by atoms with Crippen molar-refractivity contribution in [2.24, 2.45) is 0 Å². The molecule has 1 aromatic heterocycles. The van der Waals surface area contributed by atoms with Gasteiger partial charge in [-0.1, -0.05) is 31.0 Å². The van der Waals surface area contributed by atoms with Crippen molar-refractivity contribution < 1.29 is 42.8 Å². The Bertz CT molecular complexity index is 1490. The Morgan fingerprint density at radius 2 is 1.77 bits per heavy atom. The van der Waals surface area contributed by atoms with Gasteiger partial charge in [0.15, 0.2) is 17.5 Å². The lowest BCUT2D eigenvalue weighted by molar-refractivity contribution is -0.292. The molecule has 2 N–H and O–H groups in total. The zero-order chi connectivity index (χ0) is 27.3. The number of ether oxygens (including phenoxy) is 5. The van der Waals surface area contributed by atoms with Gasteiger partial charge in [-0.3, -0.25) is 4.79 Å². The summed E-state index contributed by atoms with van der Waals surface area (Å²) >= 11 is 0. The molecule has 3 heterocycles. The van der Waals surface area contributed by atoms with E-state index in [1.54, 1.807) is 50.4 Å². The van der Waals surface area contributed by atoms with Crippen LogP contribution in [0.2, 0.25) is 0 Å². The van der Waals surface area contributed by atoms with E-state index < -0.39 is 53.6 Å². The van der Waals surface area contributed by atoms with Gasteiger partial charge in [0.25, 0.3) is 5.91 Å². The second kappa shape index (κ2) is 9.58. The highest BCUT2D eigenvalue weighted by Gasteiger charge is 2.62. The van der Waals surface area contributed by atoms with Crippen LogP contribution >= 0.6 is 0 Å². The molecule has 0 radical (unpaired) electrons. The number of rotatable bonds is 5. The number of anilines is 1. The lowest BCUT2D eigenvalue weighted by Gasteiger charge is -2.47. The van der Waals surface area contributed by atoms with Crippen molar-refractivity contribution in [3.63, 3.8) is 0 Å². The van der Waals surface area contributed by atoms with E-state index in [1.807, 2.05) is 0 Å². The Morgan fingerprint density at radius 1 is 1.05 bits per heavy atom. The Balaban J connectivity index is 1.32. The molecule has 6 rings (SSSR count). The second-order valence-corrected chi connectivity index (χ2v) is 9.95. The first-order chi connectivity index (χ1) is 18.8. The standard InChI is InChI=1S/C28H27NO10/c1-14-17(35-26-22-21(37-27(33)38-22)23(34-2)28(39-26)12-6-7-13-28)11-10-16-19(30)18(25(32)36-20(14)16)29-24(31)15-8-4-3-5-9-15/h3-5,8-11,21-23,26,30H,6-7,12-13H2,1-2H3,(H,29,31)/t21-,22+,23+,26+/m0/s1. The van der Waals surface area contributed by atoms with E-state index in [1.165, 1.54) is 6.07 Å². The van der Waals surface area contributed by atoms with Crippen LogP contribution in [0.3, 0.4) is 0 Å². The van der Waals surface area contributed by atoms with Crippen molar-refractivity contribution >= 4 is 28.7 Å². The van der Waals surface area contributed by atoms with Crippen molar-refractivity contribution in [2.45, 2.75) is 62.8 Å². The lowest BCUT2D eigenvalue weighted by atomic mass is 9.85. The number of fused-ring (bicyclic) bond motifs is 2. The summed E-state index contributed by atoms with van der Waals surface area (Å²) in [5.74, 6) is -0.705. The monoisotopic (exact) mass is 537 g/mol. The van der Waals surface area contributed by atoms with Gasteiger partial charge in [0.1, 0.15) is 23.0 Å². The van der Waals surface area contributed by atoms with Crippen LogP contribution in [0.4, 0.5) is 10.5 Å². The van der Waals surface area contributed by atoms with Crippen LogP contribution in [-0.2, 0) is 18.9 Å². The first-order valence-electron chi connectivity index (χ1n) is 12.7. The average Bonchev–Trinajstić information content (AvgIpc) is 3.56. The van der Waals surface area contributed by atoms with Gasteiger partial charge in [-0.05, 0) is 44.0 Å². The van der Waals surface area contributed by atoms with Gasteiger partial charge in [-0.2, -0.15) is 0 Å². The summed E-state index contributed by atoms with van der Waals surface area (Å²) in [6.45, 7) is 1.66. The molecule has 11 nitrogen and oxygen atoms in total. The zero-order valence-electron chi connectivity index (χ0n) is 21.3. The van der Waals surface area contributed by atoms with E-state index >= 15 is 0 Å². The van der Waals surface area contributed by atoms with Gasteiger partial charge in [0, 0.05) is 18.2 Å². The molecule has 2 saturated heterocycles. The van der Waals surface area contributed by atoms with Gasteiger partial charge in [0.05, 0.1) is 5.39 Å². The molecular weight excluding hydrogens is 510 g/mol. The van der Waals surface area contributed by atoms with Gasteiger partial charge in [-0.15, -0.1) is 0 Å². The van der Waals surface area contributed by atoms with Crippen molar-refractivity contribution in [2.75, 3.05) is 12.4 Å². The Kier molecular flexibility index (Phi) is 6.19. The zero-order valence-corrected chi connectivity index (χ0v) is 21.3. The third-order valence-electron chi connectivity index (χ3n) is 7.69. The quantitative estimate of drug-likeness (QED) is 0.362. The Hall–Kier alpha value is -4.09. The van der Waals surface area contributed by atoms with E-state index in [2.05, 4.69) is 5.32 Å². The molecule has 2 aromatic carbocycles. The molecule has 0 bridgehead atoms. The number of nitrogens with one attached hydrogen (secondary N) is 1. The van der Waals surface area contributed by atoms with Crippen LogP contribution < -0.4 is 15.7 Å². The number of benzene rings is 2. The molecule has 3 fully saturated rings.